The number of ketones is 1. The van der Waals surface area contributed by atoms with Crippen molar-refractivity contribution in [2.45, 2.75) is 46.1 Å². The van der Waals surface area contributed by atoms with Gasteiger partial charge in [-0.3, -0.25) is 4.79 Å². The van der Waals surface area contributed by atoms with E-state index in [0.717, 1.165) is 0 Å². The van der Waals surface area contributed by atoms with Crippen molar-refractivity contribution in [3.8, 4) is 0 Å². The van der Waals surface area contributed by atoms with E-state index in [2.05, 4.69) is 0 Å². The lowest BCUT2D eigenvalue weighted by atomic mass is 9.85. The van der Waals surface area contributed by atoms with Crippen LogP contribution in [0.1, 0.15) is 34.6 Å². The first-order valence-corrected chi connectivity index (χ1v) is 4.98. The Balaban J connectivity index is 4.44. The highest BCUT2D eigenvalue weighted by Crippen LogP contribution is 2.23. The SMILES string of the molecule is CC(C)[C@@H](O)[C@H](Cl)C(=O)C(C)(C)C. The number of carbonyl (C=O) groups excluding carboxylic acids is 1. The van der Waals surface area contributed by atoms with Crippen LogP contribution in [0.3, 0.4) is 0 Å². The number of hydrogen-bond donors (Lipinski definition) is 1. The molecule has 0 aliphatic heterocycles. The smallest absolute Gasteiger partial charge is 0.158 e. The molecule has 0 fully saturated rings. The molecule has 0 amide bonds. The molecule has 3 heteroatoms. The summed E-state index contributed by atoms with van der Waals surface area (Å²) in [5.41, 5.74) is -0.484. The summed E-state index contributed by atoms with van der Waals surface area (Å²) >= 11 is 5.86. The number of carbonyl (C=O) groups is 1. The Kier molecular flexibility index (Phi) is 4.40. The van der Waals surface area contributed by atoms with Gasteiger partial charge in [0.15, 0.2) is 5.78 Å². The van der Waals surface area contributed by atoms with E-state index in [-0.39, 0.29) is 11.7 Å². The number of halogens is 1. The van der Waals surface area contributed by atoms with E-state index in [9.17, 15) is 9.90 Å². The maximum Gasteiger partial charge on any atom is 0.158 e. The minimum absolute atomic E-state index is 0.00815. The molecule has 0 saturated heterocycles. The molecule has 0 bridgehead atoms. The summed E-state index contributed by atoms with van der Waals surface area (Å²) in [5.74, 6) is -0.0934. The average Bonchev–Trinajstić information content (AvgIpc) is 1.98. The molecule has 78 valence electrons. The Labute approximate surface area is 85.3 Å². The van der Waals surface area contributed by atoms with Gasteiger partial charge in [-0.05, 0) is 5.92 Å². The van der Waals surface area contributed by atoms with E-state index in [0.29, 0.717) is 0 Å². The quantitative estimate of drug-likeness (QED) is 0.720. The van der Waals surface area contributed by atoms with Crippen LogP contribution < -0.4 is 0 Å². The first kappa shape index (κ1) is 12.9. The third-order valence-electron chi connectivity index (χ3n) is 1.97. The zero-order valence-electron chi connectivity index (χ0n) is 8.97. The summed E-state index contributed by atoms with van der Waals surface area (Å²) in [7, 11) is 0. The molecule has 0 aliphatic carbocycles. The van der Waals surface area contributed by atoms with E-state index in [1.165, 1.54) is 0 Å². The number of aliphatic hydroxyl groups excluding tert-OH is 1. The van der Waals surface area contributed by atoms with Gasteiger partial charge in [0.1, 0.15) is 5.38 Å². The number of alkyl halides is 1. The van der Waals surface area contributed by atoms with Gasteiger partial charge in [-0.2, -0.15) is 0 Å². The van der Waals surface area contributed by atoms with Gasteiger partial charge in [-0.15, -0.1) is 11.6 Å². The van der Waals surface area contributed by atoms with Gasteiger partial charge in [-0.25, -0.2) is 0 Å². The van der Waals surface area contributed by atoms with E-state index in [1.807, 2.05) is 13.8 Å². The lowest BCUT2D eigenvalue weighted by molar-refractivity contribution is -0.128. The summed E-state index contributed by atoms with van der Waals surface area (Å²) in [6.45, 7) is 9.10. The maximum absolute atomic E-state index is 11.6. The van der Waals surface area contributed by atoms with Crippen LogP contribution in [0.25, 0.3) is 0 Å². The molecule has 0 heterocycles. The first-order valence-electron chi connectivity index (χ1n) is 4.54. The lowest BCUT2D eigenvalue weighted by Gasteiger charge is -2.25. The Morgan fingerprint density at radius 3 is 1.92 bits per heavy atom. The predicted octanol–water partition coefficient (Wildman–Crippen LogP) is 2.23. The van der Waals surface area contributed by atoms with Gasteiger partial charge < -0.3 is 5.11 Å². The number of aliphatic hydroxyl groups is 1. The van der Waals surface area contributed by atoms with Gasteiger partial charge in [-0.1, -0.05) is 34.6 Å². The molecule has 0 unspecified atom stereocenters. The van der Waals surface area contributed by atoms with Gasteiger partial charge in [0.2, 0.25) is 0 Å². The van der Waals surface area contributed by atoms with Gasteiger partial charge >= 0.3 is 0 Å². The minimum atomic E-state index is -0.792. The van der Waals surface area contributed by atoms with Crippen LogP contribution in [0.5, 0.6) is 0 Å². The normalized spacial score (nSPS) is 17.2. The molecule has 0 radical (unpaired) electrons. The molecule has 13 heavy (non-hydrogen) atoms. The third kappa shape index (κ3) is 3.65. The van der Waals surface area contributed by atoms with E-state index < -0.39 is 16.9 Å². The summed E-state index contributed by atoms with van der Waals surface area (Å²) < 4.78 is 0. The maximum atomic E-state index is 11.6. The van der Waals surface area contributed by atoms with Crippen molar-refractivity contribution in [1.82, 2.24) is 0 Å². The van der Waals surface area contributed by atoms with Crippen LogP contribution in [-0.2, 0) is 4.79 Å². The fourth-order valence-electron chi connectivity index (χ4n) is 0.907. The average molecular weight is 207 g/mol. The monoisotopic (exact) mass is 206 g/mol. The number of rotatable bonds is 3. The van der Waals surface area contributed by atoms with Crippen molar-refractivity contribution < 1.29 is 9.90 Å². The van der Waals surface area contributed by atoms with Crippen LogP contribution in [0.2, 0.25) is 0 Å². The zero-order valence-corrected chi connectivity index (χ0v) is 9.72. The first-order chi connectivity index (χ1) is 5.68. The molecule has 0 aromatic heterocycles. The van der Waals surface area contributed by atoms with Crippen molar-refractivity contribution in [3.63, 3.8) is 0 Å². The van der Waals surface area contributed by atoms with Crippen molar-refractivity contribution in [2.75, 3.05) is 0 Å². The van der Waals surface area contributed by atoms with Crippen molar-refractivity contribution >= 4 is 17.4 Å². The highest BCUT2D eigenvalue weighted by atomic mass is 35.5. The van der Waals surface area contributed by atoms with Gasteiger partial charge in [0.05, 0.1) is 6.10 Å². The molecular weight excluding hydrogens is 188 g/mol. The Bertz CT molecular complexity index is 182. The molecule has 0 saturated carbocycles. The molecule has 2 atom stereocenters. The van der Waals surface area contributed by atoms with E-state index in [4.69, 9.17) is 11.6 Å². The van der Waals surface area contributed by atoms with Crippen LogP contribution >= 0.6 is 11.6 Å². The molecule has 0 aliphatic rings. The Morgan fingerprint density at radius 2 is 1.69 bits per heavy atom. The molecule has 0 spiro atoms. The fourth-order valence-corrected chi connectivity index (χ4v) is 1.52. The van der Waals surface area contributed by atoms with Crippen molar-refractivity contribution in [2.24, 2.45) is 11.3 Å². The largest absolute Gasteiger partial charge is 0.391 e. The Morgan fingerprint density at radius 1 is 1.31 bits per heavy atom. The highest BCUT2D eigenvalue weighted by Gasteiger charge is 2.33. The predicted molar refractivity (Wildman–Crippen MR) is 54.9 cm³/mol. The molecule has 2 nitrogen and oxygen atoms in total. The standard InChI is InChI=1S/C10H19ClO2/c1-6(2)8(12)7(11)9(13)10(3,4)5/h6-8,12H,1-5H3/t7-,8+/m0/s1. The van der Waals surface area contributed by atoms with Gasteiger partial charge in [0.25, 0.3) is 0 Å². The van der Waals surface area contributed by atoms with Crippen LogP contribution in [0.15, 0.2) is 0 Å². The summed E-state index contributed by atoms with van der Waals surface area (Å²) in [6.07, 6.45) is -0.756. The Hall–Kier alpha value is -0.0800. The second-order valence-electron chi connectivity index (χ2n) is 4.75. The number of Topliss-reactive ketones (excluding diaryl/α,β-unsaturated/α-hetero) is 1. The minimum Gasteiger partial charge on any atom is -0.391 e. The summed E-state index contributed by atoms with van der Waals surface area (Å²) in [6, 6.07) is 0. The summed E-state index contributed by atoms with van der Waals surface area (Å²) in [4.78, 5) is 11.6. The van der Waals surface area contributed by atoms with E-state index >= 15 is 0 Å². The van der Waals surface area contributed by atoms with Crippen LogP contribution in [0, 0.1) is 11.3 Å². The third-order valence-corrected chi connectivity index (χ3v) is 2.43. The molecule has 0 aromatic carbocycles. The fraction of sp³-hybridized carbons (Fsp3) is 0.900. The molecule has 0 aromatic rings. The van der Waals surface area contributed by atoms with Gasteiger partial charge in [0, 0.05) is 5.41 Å². The van der Waals surface area contributed by atoms with E-state index in [1.54, 1.807) is 20.8 Å². The van der Waals surface area contributed by atoms with Crippen molar-refractivity contribution in [3.05, 3.63) is 0 Å². The summed E-state index contributed by atoms with van der Waals surface area (Å²) in [5, 5.41) is 8.78. The van der Waals surface area contributed by atoms with Crippen LogP contribution in [-0.4, -0.2) is 22.4 Å². The second kappa shape index (κ2) is 4.43. The second-order valence-corrected chi connectivity index (χ2v) is 5.22. The van der Waals surface area contributed by atoms with Crippen molar-refractivity contribution in [1.29, 1.82) is 0 Å². The number of hydrogen-bond acceptors (Lipinski definition) is 2. The molecular formula is C10H19ClO2. The lowest BCUT2D eigenvalue weighted by Crippen LogP contribution is -2.39. The highest BCUT2D eigenvalue weighted by molar-refractivity contribution is 6.32. The zero-order chi connectivity index (χ0) is 10.8. The molecule has 1 N–H and O–H groups in total. The van der Waals surface area contributed by atoms with Crippen LogP contribution in [0.4, 0.5) is 0 Å². The molecule has 0 rings (SSSR count). The topological polar surface area (TPSA) is 37.3 Å².